The van der Waals surface area contributed by atoms with Gasteiger partial charge >= 0.3 is 29.6 Å². The molecule has 0 fully saturated rings. The van der Waals surface area contributed by atoms with Crippen LogP contribution in [0.2, 0.25) is 0 Å². The second-order valence-electron chi connectivity index (χ2n) is 3.09. The molecule has 0 spiro atoms. The molecular formula is C8H14NNaO4S. The van der Waals surface area contributed by atoms with Crippen LogP contribution in [-0.4, -0.2) is 29.9 Å². The summed E-state index contributed by atoms with van der Waals surface area (Å²) in [6, 6.07) is 1.64. The maximum absolute atomic E-state index is 10.8. The first-order chi connectivity index (χ1) is 6.47. The Labute approximate surface area is 113 Å². The summed E-state index contributed by atoms with van der Waals surface area (Å²) in [4.78, 5) is 0. The molecule has 0 saturated carbocycles. The van der Waals surface area contributed by atoms with E-state index < -0.39 is 27.9 Å². The van der Waals surface area contributed by atoms with Crippen molar-refractivity contribution < 1.29 is 47.6 Å². The average Bonchev–Trinajstić information content (AvgIpc) is 2.10. The van der Waals surface area contributed by atoms with Crippen LogP contribution < -0.4 is 29.6 Å². The van der Waals surface area contributed by atoms with Crippen molar-refractivity contribution in [3.8, 4) is 6.07 Å². The second kappa shape index (κ2) is 8.50. The smallest absolute Gasteiger partial charge is 0.748 e. The summed E-state index contributed by atoms with van der Waals surface area (Å²) in [7, 11) is -4.49. The van der Waals surface area contributed by atoms with E-state index >= 15 is 0 Å². The molecule has 0 aliphatic heterocycles. The molecule has 0 bridgehead atoms. The number of aliphatic hydroxyl groups is 1. The number of nitrogens with zero attached hydrogens (tertiary/aromatic N) is 1. The SMILES string of the molecule is CCCCC(C(C#N)CO)S(=O)(=O)[O-].[Na+]. The minimum Gasteiger partial charge on any atom is -0.748 e. The Hall–Kier alpha value is 0.360. The largest absolute Gasteiger partial charge is 1.00 e. The summed E-state index contributed by atoms with van der Waals surface area (Å²) in [6.45, 7) is 1.27. The van der Waals surface area contributed by atoms with Crippen LogP contribution in [0.3, 0.4) is 0 Å². The van der Waals surface area contributed by atoms with E-state index in [9.17, 15) is 13.0 Å². The Morgan fingerprint density at radius 2 is 2.07 bits per heavy atom. The zero-order valence-electron chi connectivity index (χ0n) is 9.01. The third-order valence-corrected chi connectivity index (χ3v) is 3.33. The van der Waals surface area contributed by atoms with E-state index in [2.05, 4.69) is 0 Å². The molecule has 0 aromatic rings. The normalized spacial score (nSPS) is 14.8. The van der Waals surface area contributed by atoms with Gasteiger partial charge in [-0.15, -0.1) is 0 Å². The Bertz CT molecular complexity index is 298. The van der Waals surface area contributed by atoms with Crippen LogP contribution in [-0.2, 0) is 10.1 Å². The van der Waals surface area contributed by atoms with Gasteiger partial charge in [-0.05, 0) is 6.42 Å². The van der Waals surface area contributed by atoms with Crippen molar-refractivity contribution in [1.29, 1.82) is 5.26 Å². The molecule has 1 N–H and O–H groups in total. The van der Waals surface area contributed by atoms with Crippen molar-refractivity contribution in [2.45, 2.75) is 31.4 Å². The molecule has 2 unspecified atom stereocenters. The first-order valence-corrected chi connectivity index (χ1v) is 5.89. The summed E-state index contributed by atoms with van der Waals surface area (Å²) in [6.07, 6.45) is 1.45. The molecule has 0 amide bonds. The minimum absolute atomic E-state index is 0. The quantitative estimate of drug-likeness (QED) is 0.402. The van der Waals surface area contributed by atoms with Crippen LogP contribution in [0.25, 0.3) is 0 Å². The van der Waals surface area contributed by atoms with Crippen molar-refractivity contribution in [2.75, 3.05) is 6.61 Å². The molecule has 2 atom stereocenters. The predicted molar refractivity (Wildman–Crippen MR) is 49.2 cm³/mol. The zero-order chi connectivity index (χ0) is 11.2. The molecule has 82 valence electrons. The molecule has 0 aromatic carbocycles. The standard InChI is InChI=1S/C8H15NO4S.Na/c1-2-3-4-8(14(11,12)13)7(5-9)6-10;/h7-8,10H,2-4,6H2,1H3,(H,11,12,13);/q;+1/p-1. The van der Waals surface area contributed by atoms with Crippen LogP contribution in [0.15, 0.2) is 0 Å². The summed E-state index contributed by atoms with van der Waals surface area (Å²) >= 11 is 0. The molecule has 0 saturated heterocycles. The van der Waals surface area contributed by atoms with E-state index in [4.69, 9.17) is 10.4 Å². The molecule has 0 heterocycles. The Kier molecular flexibility index (Phi) is 10.1. The maximum atomic E-state index is 10.8. The van der Waals surface area contributed by atoms with E-state index in [0.717, 1.165) is 6.42 Å². The van der Waals surface area contributed by atoms with Crippen molar-refractivity contribution >= 4 is 10.1 Å². The molecule has 0 aliphatic carbocycles. The van der Waals surface area contributed by atoms with E-state index in [1.165, 1.54) is 0 Å². The topological polar surface area (TPSA) is 101 Å². The molecule has 15 heavy (non-hydrogen) atoms. The van der Waals surface area contributed by atoms with Gasteiger partial charge in [0.2, 0.25) is 0 Å². The fourth-order valence-corrected chi connectivity index (χ4v) is 2.20. The minimum atomic E-state index is -4.49. The molecule has 0 aromatic heterocycles. The van der Waals surface area contributed by atoms with Gasteiger partial charge in [-0.3, -0.25) is 0 Å². The van der Waals surface area contributed by atoms with Crippen molar-refractivity contribution in [1.82, 2.24) is 0 Å². The second-order valence-corrected chi connectivity index (χ2v) is 4.68. The van der Waals surface area contributed by atoms with Crippen LogP contribution >= 0.6 is 0 Å². The fraction of sp³-hybridized carbons (Fsp3) is 0.875. The van der Waals surface area contributed by atoms with Gasteiger partial charge in [0, 0.05) is 0 Å². The first-order valence-electron chi connectivity index (χ1n) is 4.42. The zero-order valence-corrected chi connectivity index (χ0v) is 11.8. The molecule has 7 heteroatoms. The van der Waals surface area contributed by atoms with E-state index in [1.807, 2.05) is 6.92 Å². The molecular weight excluding hydrogens is 229 g/mol. The predicted octanol–water partition coefficient (Wildman–Crippen LogP) is -2.77. The summed E-state index contributed by atoms with van der Waals surface area (Å²) in [5.41, 5.74) is 0. The summed E-state index contributed by atoms with van der Waals surface area (Å²) in [5.74, 6) is -1.11. The number of rotatable bonds is 6. The maximum Gasteiger partial charge on any atom is 1.00 e. The summed E-state index contributed by atoms with van der Waals surface area (Å²) in [5, 5.41) is 16.0. The van der Waals surface area contributed by atoms with Crippen LogP contribution in [0.4, 0.5) is 0 Å². The van der Waals surface area contributed by atoms with Crippen LogP contribution in [0.1, 0.15) is 26.2 Å². The van der Waals surface area contributed by atoms with Gasteiger partial charge in [-0.25, -0.2) is 8.42 Å². The van der Waals surface area contributed by atoms with Gasteiger partial charge in [-0.1, -0.05) is 19.8 Å². The van der Waals surface area contributed by atoms with Crippen LogP contribution in [0, 0.1) is 17.2 Å². The van der Waals surface area contributed by atoms with Crippen LogP contribution in [0.5, 0.6) is 0 Å². The Morgan fingerprint density at radius 1 is 1.53 bits per heavy atom. The molecule has 0 rings (SSSR count). The van der Waals surface area contributed by atoms with Crippen molar-refractivity contribution in [3.05, 3.63) is 0 Å². The van der Waals surface area contributed by atoms with Crippen molar-refractivity contribution in [3.63, 3.8) is 0 Å². The number of hydrogen-bond acceptors (Lipinski definition) is 5. The monoisotopic (exact) mass is 243 g/mol. The van der Waals surface area contributed by atoms with E-state index in [1.54, 1.807) is 6.07 Å². The molecule has 5 nitrogen and oxygen atoms in total. The van der Waals surface area contributed by atoms with Gasteiger partial charge in [0.05, 0.1) is 34.0 Å². The van der Waals surface area contributed by atoms with E-state index in [0.29, 0.717) is 6.42 Å². The third kappa shape index (κ3) is 6.51. The summed E-state index contributed by atoms with van der Waals surface area (Å²) < 4.78 is 32.3. The third-order valence-electron chi connectivity index (χ3n) is 2.02. The van der Waals surface area contributed by atoms with Gasteiger partial charge in [0.1, 0.15) is 0 Å². The molecule has 0 radical (unpaired) electrons. The number of aliphatic hydroxyl groups excluding tert-OH is 1. The number of nitriles is 1. The molecule has 0 aliphatic rings. The van der Waals surface area contributed by atoms with Crippen molar-refractivity contribution in [2.24, 2.45) is 5.92 Å². The number of unbranched alkanes of at least 4 members (excludes halogenated alkanes) is 1. The average molecular weight is 243 g/mol. The van der Waals surface area contributed by atoms with Gasteiger partial charge < -0.3 is 9.66 Å². The van der Waals surface area contributed by atoms with Gasteiger partial charge in [0.15, 0.2) is 0 Å². The van der Waals surface area contributed by atoms with Gasteiger partial charge in [-0.2, -0.15) is 5.26 Å². The van der Waals surface area contributed by atoms with E-state index in [-0.39, 0.29) is 36.0 Å². The number of hydrogen-bond donors (Lipinski definition) is 1. The van der Waals surface area contributed by atoms with Gasteiger partial charge in [0.25, 0.3) is 0 Å². The Morgan fingerprint density at radius 3 is 2.33 bits per heavy atom. The fourth-order valence-electron chi connectivity index (χ4n) is 1.19. The Balaban J connectivity index is 0. The first kappa shape index (κ1) is 17.7.